The molecule has 1 spiro atoms. The van der Waals surface area contributed by atoms with E-state index in [4.69, 9.17) is 0 Å². The molecule has 7 heteroatoms. The number of carbonyl (C=O) groups excluding carboxylic acids is 1. The van der Waals surface area contributed by atoms with Gasteiger partial charge in [0.05, 0.1) is 12.0 Å². The molecule has 23 heavy (non-hydrogen) atoms. The third-order valence-electron chi connectivity index (χ3n) is 4.82. The summed E-state index contributed by atoms with van der Waals surface area (Å²) in [6.45, 7) is 0.585. The fourth-order valence-electron chi connectivity index (χ4n) is 3.63. The zero-order valence-electron chi connectivity index (χ0n) is 12.6. The van der Waals surface area contributed by atoms with E-state index in [1.54, 1.807) is 29.5 Å². The van der Waals surface area contributed by atoms with E-state index in [0.29, 0.717) is 17.2 Å². The van der Waals surface area contributed by atoms with Crippen LogP contribution in [0.5, 0.6) is 0 Å². The Labute approximate surface area is 139 Å². The second-order valence-electron chi connectivity index (χ2n) is 5.98. The van der Waals surface area contributed by atoms with Crippen LogP contribution in [0.3, 0.4) is 0 Å². The zero-order valence-corrected chi connectivity index (χ0v) is 14.2. The maximum Gasteiger partial charge on any atom is 0.239 e. The molecule has 2 aromatic rings. The molecule has 0 radical (unpaired) electrons. The summed E-state index contributed by atoms with van der Waals surface area (Å²) in [6.07, 6.45) is 0.526. The fraction of sp³-hybridized carbons (Fsp3) is 0.312. The van der Waals surface area contributed by atoms with E-state index in [0.717, 1.165) is 11.3 Å². The molecule has 2 atom stereocenters. The molecular formula is C16H16N2O3S2. The van der Waals surface area contributed by atoms with E-state index in [-0.39, 0.29) is 12.5 Å². The van der Waals surface area contributed by atoms with Gasteiger partial charge in [-0.2, -0.15) is 0 Å². The Kier molecular flexibility index (Phi) is 3.25. The van der Waals surface area contributed by atoms with Gasteiger partial charge in [0.1, 0.15) is 0 Å². The molecule has 2 aliphatic rings. The van der Waals surface area contributed by atoms with Crippen LogP contribution >= 0.6 is 11.3 Å². The Balaban J connectivity index is 1.74. The summed E-state index contributed by atoms with van der Waals surface area (Å²) in [5.41, 5.74) is 1.08. The van der Waals surface area contributed by atoms with Crippen LogP contribution in [0.15, 0.2) is 46.0 Å². The Morgan fingerprint density at radius 3 is 2.78 bits per heavy atom. The molecule has 0 bridgehead atoms. The van der Waals surface area contributed by atoms with Crippen molar-refractivity contribution in [3.63, 3.8) is 0 Å². The maximum atomic E-state index is 12.9. The van der Waals surface area contributed by atoms with Crippen LogP contribution in [0.2, 0.25) is 0 Å². The van der Waals surface area contributed by atoms with E-state index in [2.05, 4.69) is 0 Å². The van der Waals surface area contributed by atoms with Crippen molar-refractivity contribution in [3.05, 3.63) is 47.3 Å². The number of likely N-dealkylation sites (N-methyl/N-ethyl adjacent to an activating group) is 1. The molecule has 0 aliphatic carbocycles. The number of rotatable bonds is 2. The van der Waals surface area contributed by atoms with Gasteiger partial charge in [-0.25, -0.2) is 0 Å². The Hall–Kier alpha value is -1.54. The van der Waals surface area contributed by atoms with Gasteiger partial charge < -0.3 is 9.45 Å². The molecule has 1 amide bonds. The highest BCUT2D eigenvalue weighted by molar-refractivity contribution is 7.97. The van der Waals surface area contributed by atoms with Crippen molar-refractivity contribution in [2.24, 2.45) is 0 Å². The summed E-state index contributed by atoms with van der Waals surface area (Å²) in [7, 11) is -1.76. The molecule has 1 fully saturated rings. The molecule has 1 saturated heterocycles. The quantitative estimate of drug-likeness (QED) is 0.782. The number of carbonyl (C=O) groups is 1. The van der Waals surface area contributed by atoms with Crippen LogP contribution in [0.25, 0.3) is 0 Å². The minimum absolute atomic E-state index is 0.0115. The van der Waals surface area contributed by atoms with Gasteiger partial charge in [-0.1, -0.05) is 33.7 Å². The fourth-order valence-corrected chi connectivity index (χ4v) is 6.27. The highest BCUT2D eigenvalue weighted by atomic mass is 32.3. The number of thiophene rings is 1. The van der Waals surface area contributed by atoms with Gasteiger partial charge in [-0.15, -0.1) is 4.31 Å². The monoisotopic (exact) mass is 348 g/mol. The number of benzene rings is 1. The smallest absolute Gasteiger partial charge is 0.239 e. The number of hydrogen-bond donors (Lipinski definition) is 0. The standard InChI is InChI=1S/C16H16N2O3S2/c1-17-13-6-3-2-5-12(13)16(15(17)19)8-9-18(11-16)23(20,21)14-7-4-10-22-14/h2-7,10H,8-9,11H2,1H3. The third kappa shape index (κ3) is 1.97. The predicted molar refractivity (Wildman–Crippen MR) is 89.1 cm³/mol. The van der Waals surface area contributed by atoms with Crippen molar-refractivity contribution < 1.29 is 13.6 Å². The van der Waals surface area contributed by atoms with E-state index in [1.165, 1.54) is 15.6 Å². The van der Waals surface area contributed by atoms with Gasteiger partial charge >= 0.3 is 0 Å². The molecule has 2 aliphatic heterocycles. The summed E-state index contributed by atoms with van der Waals surface area (Å²) in [5, 5.41) is 1.75. The van der Waals surface area contributed by atoms with Crippen molar-refractivity contribution in [2.75, 3.05) is 25.0 Å². The first kappa shape index (κ1) is 15.0. The van der Waals surface area contributed by atoms with Crippen LogP contribution in [0, 0.1) is 0 Å². The van der Waals surface area contributed by atoms with Gasteiger partial charge in [0, 0.05) is 25.3 Å². The predicted octanol–water partition coefficient (Wildman–Crippen LogP) is 2.27. The number of fused-ring (bicyclic) bond motifs is 2. The van der Waals surface area contributed by atoms with Crippen molar-refractivity contribution in [2.45, 2.75) is 16.0 Å². The topological polar surface area (TPSA) is 63.7 Å². The molecule has 2 unspecified atom stereocenters. The van der Waals surface area contributed by atoms with Crippen molar-refractivity contribution in [1.29, 1.82) is 0 Å². The minimum Gasteiger partial charge on any atom is -0.592 e. The molecule has 5 nitrogen and oxygen atoms in total. The first-order chi connectivity index (χ1) is 11.0. The number of sulfonamides is 1. The lowest BCUT2D eigenvalue weighted by atomic mass is 9.81. The number of para-hydroxylation sites is 1. The van der Waals surface area contributed by atoms with Crippen LogP contribution in [0.1, 0.15) is 12.0 Å². The molecule has 1 aromatic carbocycles. The first-order valence-corrected chi connectivity index (χ1v) is 9.70. The number of anilines is 1. The Bertz CT molecular complexity index is 820. The number of nitrogens with zero attached hydrogens (tertiary/aromatic N) is 2. The Morgan fingerprint density at radius 1 is 1.26 bits per heavy atom. The van der Waals surface area contributed by atoms with E-state index in [9.17, 15) is 13.6 Å². The molecule has 0 saturated carbocycles. The lowest BCUT2D eigenvalue weighted by Crippen LogP contribution is -2.43. The SMILES string of the molecule is CN1C(=O)C2(CCN([S+](=O)([O-])c3cccs3)C2)c2ccccc21. The highest BCUT2D eigenvalue weighted by Gasteiger charge is 2.57. The summed E-state index contributed by atoms with van der Waals surface area (Å²) in [5.74, 6) is -0.0115. The lowest BCUT2D eigenvalue weighted by molar-refractivity contribution is -0.122. The van der Waals surface area contributed by atoms with Gasteiger partial charge in [0.2, 0.25) is 10.1 Å². The van der Waals surface area contributed by atoms with Crippen molar-refractivity contribution in [3.8, 4) is 0 Å². The zero-order chi connectivity index (χ0) is 16.2. The molecule has 3 heterocycles. The largest absolute Gasteiger partial charge is 0.592 e. The molecular weight excluding hydrogens is 332 g/mol. The van der Waals surface area contributed by atoms with Gasteiger partial charge in [-0.3, -0.25) is 4.79 Å². The van der Waals surface area contributed by atoms with Crippen LogP contribution in [-0.2, 0) is 24.8 Å². The van der Waals surface area contributed by atoms with E-state index >= 15 is 0 Å². The number of hydrogen-bond acceptors (Lipinski definition) is 4. The summed E-state index contributed by atoms with van der Waals surface area (Å²) in [6, 6.07) is 11.0. The second-order valence-corrected chi connectivity index (χ2v) is 9.10. The van der Waals surface area contributed by atoms with Crippen LogP contribution in [-0.4, -0.2) is 34.9 Å². The van der Waals surface area contributed by atoms with E-state index < -0.39 is 15.8 Å². The van der Waals surface area contributed by atoms with Gasteiger partial charge in [-0.05, 0) is 29.5 Å². The highest BCUT2D eigenvalue weighted by Crippen LogP contribution is 2.48. The molecule has 0 N–H and O–H groups in total. The Morgan fingerprint density at radius 2 is 2.04 bits per heavy atom. The molecule has 4 rings (SSSR count). The van der Waals surface area contributed by atoms with Gasteiger partial charge in [0.15, 0.2) is 10.4 Å². The minimum atomic E-state index is -3.52. The summed E-state index contributed by atoms with van der Waals surface area (Å²) >= 11 is 1.21. The maximum absolute atomic E-state index is 12.9. The average molecular weight is 348 g/mol. The van der Waals surface area contributed by atoms with E-state index in [1.807, 2.05) is 24.3 Å². The number of amides is 1. The third-order valence-corrected chi connectivity index (χ3v) is 8.04. The van der Waals surface area contributed by atoms with Gasteiger partial charge in [0.25, 0.3) is 0 Å². The van der Waals surface area contributed by atoms with Crippen LogP contribution < -0.4 is 4.90 Å². The van der Waals surface area contributed by atoms with Crippen molar-refractivity contribution >= 4 is 33.3 Å². The normalized spacial score (nSPS) is 26.7. The first-order valence-electron chi connectivity index (χ1n) is 7.38. The summed E-state index contributed by atoms with van der Waals surface area (Å²) in [4.78, 5) is 14.5. The van der Waals surface area contributed by atoms with Crippen LogP contribution in [0.4, 0.5) is 5.69 Å². The van der Waals surface area contributed by atoms with Crippen molar-refractivity contribution in [1.82, 2.24) is 4.31 Å². The summed E-state index contributed by atoms with van der Waals surface area (Å²) < 4.78 is 27.3. The second kappa shape index (κ2) is 4.98. The lowest BCUT2D eigenvalue weighted by Gasteiger charge is -2.25. The molecule has 120 valence electrons. The molecule has 1 aromatic heterocycles. The average Bonchev–Trinajstić information content (AvgIpc) is 3.27.